The lowest BCUT2D eigenvalue weighted by Gasteiger charge is -2.19. The van der Waals surface area contributed by atoms with E-state index in [-0.39, 0.29) is 28.6 Å². The molecule has 0 spiro atoms. The Morgan fingerprint density at radius 3 is 2.40 bits per heavy atom. The molecule has 3 aromatic heterocycles. The van der Waals surface area contributed by atoms with Gasteiger partial charge in [-0.3, -0.25) is 14.6 Å². The van der Waals surface area contributed by atoms with Crippen LogP contribution >= 0.6 is 0 Å². The molecule has 1 atom stereocenters. The molecule has 15 heteroatoms. The summed E-state index contributed by atoms with van der Waals surface area (Å²) in [6, 6.07) is 5.23. The number of nitrogens with zero attached hydrogens (tertiary/aromatic N) is 5. The zero-order chi connectivity index (χ0) is 31.0. The van der Waals surface area contributed by atoms with Crippen LogP contribution in [0.2, 0.25) is 0 Å². The number of halogens is 7. The Morgan fingerprint density at radius 2 is 1.76 bits per heavy atom. The lowest BCUT2D eigenvalue weighted by molar-refractivity contribution is -0.139. The van der Waals surface area contributed by atoms with E-state index in [1.54, 1.807) is 13.0 Å². The van der Waals surface area contributed by atoms with Crippen LogP contribution in [0, 0.1) is 17.1 Å². The lowest BCUT2D eigenvalue weighted by Crippen LogP contribution is -2.31. The van der Waals surface area contributed by atoms with E-state index in [0.717, 1.165) is 19.3 Å². The minimum atomic E-state index is -4.90. The van der Waals surface area contributed by atoms with Gasteiger partial charge in [0.25, 0.3) is 11.1 Å². The van der Waals surface area contributed by atoms with Gasteiger partial charge in [-0.05, 0) is 49.4 Å². The van der Waals surface area contributed by atoms with E-state index in [4.69, 9.17) is 0 Å². The zero-order valence-electron chi connectivity index (χ0n) is 21.9. The topological polar surface area (TPSA) is 106 Å². The van der Waals surface area contributed by atoms with Gasteiger partial charge in [-0.15, -0.1) is 0 Å². The van der Waals surface area contributed by atoms with Crippen molar-refractivity contribution < 1.29 is 30.7 Å². The number of pyridine rings is 2. The van der Waals surface area contributed by atoms with Crippen molar-refractivity contribution in [2.75, 3.05) is 5.32 Å². The minimum absolute atomic E-state index is 0.0311. The Bertz CT molecular complexity index is 1820. The highest BCUT2D eigenvalue weighted by molar-refractivity contribution is 5.87. The maximum absolute atomic E-state index is 15.1. The first-order valence-electron chi connectivity index (χ1n) is 12.3. The molecule has 0 aliphatic heterocycles. The molecule has 8 nitrogen and oxygen atoms in total. The molecule has 42 heavy (non-hydrogen) atoms. The summed E-state index contributed by atoms with van der Waals surface area (Å²) in [6.45, 7) is 1.73. The number of hydrogen-bond acceptors (Lipinski definition) is 6. The summed E-state index contributed by atoms with van der Waals surface area (Å²) in [6.07, 6.45) is -6.21. The van der Waals surface area contributed by atoms with E-state index in [1.165, 1.54) is 22.9 Å². The average molecular weight is 594 g/mol. The van der Waals surface area contributed by atoms with Gasteiger partial charge in [-0.25, -0.2) is 9.07 Å². The average Bonchev–Trinajstić information content (AvgIpc) is 2.90. The molecule has 0 saturated carbocycles. The van der Waals surface area contributed by atoms with Gasteiger partial charge in [0.2, 0.25) is 0 Å². The van der Waals surface area contributed by atoms with Crippen molar-refractivity contribution in [2.45, 2.75) is 44.7 Å². The number of nitrogens with one attached hydrogen (secondary N) is 1. The second-order valence-corrected chi connectivity index (χ2v) is 9.51. The number of benzene rings is 1. The van der Waals surface area contributed by atoms with Gasteiger partial charge in [0, 0.05) is 37.6 Å². The maximum atomic E-state index is 15.1. The highest BCUT2D eigenvalue weighted by Gasteiger charge is 2.38. The molecule has 220 valence electrons. The number of fused-ring (bicyclic) bond motifs is 1. The van der Waals surface area contributed by atoms with E-state index in [9.17, 15) is 41.2 Å². The fourth-order valence-corrected chi connectivity index (χ4v) is 4.41. The molecule has 3 heterocycles. The minimum Gasteiger partial charge on any atom is -0.381 e. The molecule has 0 unspecified atom stereocenters. The molecule has 0 aliphatic carbocycles. The predicted octanol–water partition coefficient (Wildman–Crippen LogP) is 5.49. The van der Waals surface area contributed by atoms with E-state index < -0.39 is 57.7 Å². The van der Waals surface area contributed by atoms with Crippen LogP contribution in [0.1, 0.15) is 36.5 Å². The molecule has 4 aromatic rings. The molecule has 0 radical (unpaired) electrons. The first-order chi connectivity index (χ1) is 19.6. The number of alkyl halides is 6. The summed E-state index contributed by atoms with van der Waals surface area (Å²) in [5, 5.41) is 15.8. The van der Waals surface area contributed by atoms with Crippen molar-refractivity contribution in [1.29, 1.82) is 5.26 Å². The molecule has 4 rings (SSSR count). The summed E-state index contributed by atoms with van der Waals surface area (Å²) >= 11 is 0. The second-order valence-electron chi connectivity index (χ2n) is 9.51. The fourth-order valence-electron chi connectivity index (χ4n) is 4.41. The predicted molar refractivity (Wildman–Crippen MR) is 138 cm³/mol. The summed E-state index contributed by atoms with van der Waals surface area (Å²) in [5.41, 5.74) is -5.92. The van der Waals surface area contributed by atoms with Gasteiger partial charge >= 0.3 is 12.4 Å². The smallest absolute Gasteiger partial charge is 0.381 e. The van der Waals surface area contributed by atoms with Gasteiger partial charge in [0.05, 0.1) is 34.1 Å². The summed E-state index contributed by atoms with van der Waals surface area (Å²) in [5.74, 6) is -0.970. The Hall–Kier alpha value is -4.74. The van der Waals surface area contributed by atoms with E-state index in [2.05, 4.69) is 15.4 Å². The molecule has 1 aromatic carbocycles. The number of anilines is 1. The first-order valence-corrected chi connectivity index (χ1v) is 12.3. The van der Waals surface area contributed by atoms with Gasteiger partial charge in [-0.2, -0.15) is 36.7 Å². The highest BCUT2D eigenvalue weighted by atomic mass is 19.4. The molecule has 0 aliphatic rings. The van der Waals surface area contributed by atoms with Crippen LogP contribution in [0.25, 0.3) is 22.0 Å². The molecular weight excluding hydrogens is 573 g/mol. The quantitative estimate of drug-likeness (QED) is 0.284. The third-order valence-corrected chi connectivity index (χ3v) is 6.51. The summed E-state index contributed by atoms with van der Waals surface area (Å²) in [4.78, 5) is 28.7. The van der Waals surface area contributed by atoms with Gasteiger partial charge in [0.1, 0.15) is 17.4 Å². The highest BCUT2D eigenvalue weighted by Crippen LogP contribution is 2.34. The van der Waals surface area contributed by atoms with Crippen molar-refractivity contribution in [1.82, 2.24) is 19.3 Å². The zero-order valence-corrected chi connectivity index (χ0v) is 21.9. The number of rotatable bonds is 7. The van der Waals surface area contributed by atoms with E-state index >= 15 is 4.39 Å². The van der Waals surface area contributed by atoms with Crippen molar-refractivity contribution >= 4 is 16.5 Å². The molecule has 1 N–H and O–H groups in total. The number of hydrogen-bond donors (Lipinski definition) is 1. The largest absolute Gasteiger partial charge is 0.423 e. The molecular formula is C27H21F7N6O2. The molecule has 0 saturated heterocycles. The number of aryl methyl sites for hydroxylation is 2. The lowest BCUT2D eigenvalue weighted by atomic mass is 10.0. The van der Waals surface area contributed by atoms with Crippen molar-refractivity contribution in [3.05, 3.63) is 86.1 Å². The van der Waals surface area contributed by atoms with Crippen LogP contribution in [0.4, 0.5) is 36.4 Å². The van der Waals surface area contributed by atoms with Gasteiger partial charge in [-0.1, -0.05) is 0 Å². The first kappa shape index (κ1) is 30.2. The third-order valence-electron chi connectivity index (χ3n) is 6.51. The Kier molecular flexibility index (Phi) is 8.11. The SMILES string of the molecule is C[C@@H](CCCn1ccc2cc(-c3ncc(C(F)(F)F)cc3C#N)c(F)cc2c1=O)Nc1cnn(C)c(=O)c1C(F)(F)F. The summed E-state index contributed by atoms with van der Waals surface area (Å²) < 4.78 is 96.2. The van der Waals surface area contributed by atoms with Crippen LogP contribution in [0.15, 0.2) is 52.4 Å². The number of aromatic nitrogens is 4. The van der Waals surface area contributed by atoms with E-state index in [0.29, 0.717) is 29.8 Å². The summed E-state index contributed by atoms with van der Waals surface area (Å²) in [7, 11) is 1.11. The maximum Gasteiger partial charge on any atom is 0.423 e. The monoisotopic (exact) mass is 594 g/mol. The van der Waals surface area contributed by atoms with Crippen molar-refractivity contribution in [2.24, 2.45) is 7.05 Å². The van der Waals surface area contributed by atoms with Crippen LogP contribution in [-0.4, -0.2) is 25.4 Å². The van der Waals surface area contributed by atoms with Crippen LogP contribution < -0.4 is 16.4 Å². The Labute approximate surface area is 232 Å². The van der Waals surface area contributed by atoms with Crippen LogP contribution in [0.5, 0.6) is 0 Å². The second kappa shape index (κ2) is 11.3. The molecule has 0 fully saturated rings. The molecule has 0 amide bonds. The standard InChI is InChI=1S/C27H21F7N6O2/c1-14(38-21-13-37-39(2)25(42)22(21)27(32,33)34)4-3-6-40-7-5-15-9-19(20(28)10-18(15)24(40)41)23-16(11-35)8-17(12-36-23)26(29,30)31/h5,7-10,12-14,38H,3-4,6H2,1-2H3/t14-/m0/s1. The molecule has 0 bridgehead atoms. The Morgan fingerprint density at radius 1 is 1.05 bits per heavy atom. The normalized spacial score (nSPS) is 12.8. The van der Waals surface area contributed by atoms with Gasteiger partial charge < -0.3 is 9.88 Å². The Balaban J connectivity index is 1.53. The van der Waals surface area contributed by atoms with E-state index in [1.807, 2.05) is 0 Å². The van der Waals surface area contributed by atoms with Crippen molar-refractivity contribution in [3.8, 4) is 17.3 Å². The third kappa shape index (κ3) is 6.12. The number of nitriles is 1. The van der Waals surface area contributed by atoms with Crippen LogP contribution in [-0.2, 0) is 25.9 Å². The fraction of sp³-hybridized carbons (Fsp3) is 0.296. The van der Waals surface area contributed by atoms with Crippen molar-refractivity contribution in [3.63, 3.8) is 0 Å². The van der Waals surface area contributed by atoms with Gasteiger partial charge in [0.15, 0.2) is 0 Å². The van der Waals surface area contributed by atoms with Crippen LogP contribution in [0.3, 0.4) is 0 Å².